The van der Waals surface area contributed by atoms with Crippen molar-refractivity contribution in [1.29, 1.82) is 0 Å². The molecule has 0 aromatic heterocycles. The van der Waals surface area contributed by atoms with E-state index < -0.39 is 42.2 Å². The minimum Gasteiger partial charge on any atom is -1.00 e. The third kappa shape index (κ3) is 83.0. The van der Waals surface area contributed by atoms with Gasteiger partial charge in [-0.1, -0.05) is 74.1 Å². The molecule has 0 aliphatic carbocycles. The minimum atomic E-state index is -5.39. The predicted octanol–water partition coefficient (Wildman–Crippen LogP) is -5.99. The average molecular weight is 1010 g/mol. The molecule has 0 unspecified atom stereocenters. The maximum Gasteiger partial charge on any atom is 1.00 e. The quantitative estimate of drug-likeness (QED) is 0.0585. The Morgan fingerprint density at radius 3 is 1.27 bits per heavy atom. The second kappa shape index (κ2) is 55.1. The van der Waals surface area contributed by atoms with Gasteiger partial charge in [0, 0.05) is 49.9 Å². The average Bonchev–Trinajstić information content (AvgIpc) is 3.75. The molecule has 1 aromatic rings. The van der Waals surface area contributed by atoms with Crippen molar-refractivity contribution in [2.24, 2.45) is 0 Å². The number of carboxylic acid groups (broad SMARTS) is 3. The van der Waals surface area contributed by atoms with Crippen molar-refractivity contribution >= 4 is 54.2 Å². The largest absolute Gasteiger partial charge is 1.00 e. The summed E-state index contributed by atoms with van der Waals surface area (Å²) in [5.74, 6) is -3.35. The number of nitrogens with zero attached hydrogens (tertiary/aromatic N) is 1. The van der Waals surface area contributed by atoms with Gasteiger partial charge in [-0.15, -0.1) is 0 Å². The van der Waals surface area contributed by atoms with E-state index in [0.29, 0.717) is 16.5 Å². The van der Waals surface area contributed by atoms with Crippen LogP contribution in [0.3, 0.4) is 0 Å². The number of benzene rings is 1. The van der Waals surface area contributed by atoms with Gasteiger partial charge in [-0.2, -0.15) is 82.0 Å². The monoisotopic (exact) mass is 1000 g/mol. The first-order valence-corrected chi connectivity index (χ1v) is 23.2. The number of alkyl halides is 6. The number of hydrogen-bond acceptors (Lipinski definition) is 10. The standard InChI is InChI=1S/C6H15N.C6H5.C5H12.C4H4ClNO2.C4H9F3O3SSi.C4H8O.C4H9.C2HF3O2.CH2O3.ClH.2Li.2Na/c1-5(2)7-6(3)4;1-2-4-6-5-3-1;1-3-5-4-2;5-6-3(7)1-2-4(6)8;1-12(2,3)10-11(8,9)4(5,6)7;1-2-4-5-3-1;1-3-4-2;3-2(4,5)1(6)7;2-1(3)4;;;;;/h5-7H,1-4H3;1-5H;3-5H2,1-2H3;1-2H2;1-3H3;1-4H2;1,3-4H2,2H3;(H,6,7);(H2,2,3,4);1H;;;;/q;-1;;;;;-1;;;;4*+1/p-2. The van der Waals surface area contributed by atoms with E-state index in [0.717, 1.165) is 19.6 Å². The number of nitrogens with one attached hydrogen (secondary N) is 1. The Bertz CT molecular complexity index is 1220. The molecule has 2 saturated heterocycles. The van der Waals surface area contributed by atoms with E-state index in [1.54, 1.807) is 0 Å². The Morgan fingerprint density at radius 1 is 0.889 bits per heavy atom. The Morgan fingerprint density at radius 2 is 1.21 bits per heavy atom. The van der Waals surface area contributed by atoms with Gasteiger partial charge in [0.15, 0.2) is 0 Å². The Kier molecular flexibility index (Phi) is 78.7. The fourth-order valence-corrected chi connectivity index (χ4v) is 5.98. The number of hydrogen-bond donors (Lipinski definition) is 3. The van der Waals surface area contributed by atoms with Gasteiger partial charge < -0.3 is 53.4 Å². The molecular weight excluding hydrogens is 941 g/mol. The second-order valence-electron chi connectivity index (χ2n) is 12.8. The molecule has 0 atom stereocenters. The number of imide groups is 1. The van der Waals surface area contributed by atoms with Crippen LogP contribution in [0.1, 0.15) is 106 Å². The first-order valence-electron chi connectivity index (χ1n) is 18.1. The van der Waals surface area contributed by atoms with Gasteiger partial charge in [-0.25, -0.2) is 4.79 Å². The number of aliphatic carboxylic acids is 1. The topological polar surface area (TPSA) is 200 Å². The van der Waals surface area contributed by atoms with Crippen LogP contribution in [0.25, 0.3) is 0 Å². The molecule has 0 spiro atoms. The molecule has 0 radical (unpaired) electrons. The number of halogens is 8. The maximum absolute atomic E-state index is 11.7. The van der Waals surface area contributed by atoms with Gasteiger partial charge in [0.25, 0.3) is 0 Å². The molecule has 3 N–H and O–H groups in total. The molecule has 2 aliphatic rings. The van der Waals surface area contributed by atoms with E-state index in [4.69, 9.17) is 41.4 Å². The Balaban J connectivity index is -0.0000000542. The van der Waals surface area contributed by atoms with E-state index in [1.807, 2.05) is 30.3 Å². The van der Waals surface area contributed by atoms with E-state index in [2.05, 4.69) is 70.6 Å². The van der Waals surface area contributed by atoms with Crippen LogP contribution >= 0.6 is 11.8 Å². The van der Waals surface area contributed by atoms with E-state index in [-0.39, 0.29) is 134 Å². The number of unbranched alkanes of at least 4 members (excludes halogenated alkanes) is 3. The summed E-state index contributed by atoms with van der Waals surface area (Å²) < 4.78 is 97.0. The third-order valence-corrected chi connectivity index (χ3v) is 8.86. The molecule has 2 fully saturated rings. The summed E-state index contributed by atoms with van der Waals surface area (Å²) in [6.07, 6.45) is 2.28. The van der Waals surface area contributed by atoms with Crippen molar-refractivity contribution in [2.45, 2.75) is 150 Å². The zero-order valence-corrected chi connectivity index (χ0v) is 46.8. The minimum absolute atomic E-state index is 0. The number of carbonyl (C=O) groups is 4. The van der Waals surface area contributed by atoms with Crippen molar-refractivity contribution in [1.82, 2.24) is 9.74 Å². The molecule has 2 aliphatic heterocycles. The summed E-state index contributed by atoms with van der Waals surface area (Å²) in [5.41, 5.74) is -5.31. The van der Waals surface area contributed by atoms with Crippen molar-refractivity contribution in [3.63, 3.8) is 0 Å². The molecule has 63 heavy (non-hydrogen) atoms. The van der Waals surface area contributed by atoms with Gasteiger partial charge in [0.2, 0.25) is 26.3 Å². The number of ether oxygens (including phenoxy) is 1. The van der Waals surface area contributed by atoms with Crippen LogP contribution in [0.2, 0.25) is 19.6 Å². The van der Waals surface area contributed by atoms with Gasteiger partial charge >= 0.3 is 125 Å². The molecular formula is C36H64Cl2F6Li2N2Na2O11SSi. The molecule has 2 heterocycles. The smallest absolute Gasteiger partial charge is 1.00 e. The number of carbonyl (C=O) groups excluding carboxylic acids is 2. The molecule has 3 rings (SSSR count). The van der Waals surface area contributed by atoms with Crippen LogP contribution in [0.5, 0.6) is 0 Å². The molecule has 2 amide bonds. The molecule has 0 saturated carbocycles. The number of rotatable bonds is 7. The van der Waals surface area contributed by atoms with Crippen LogP contribution in [0.15, 0.2) is 30.3 Å². The maximum atomic E-state index is 11.7. The molecule has 27 heteroatoms. The van der Waals surface area contributed by atoms with Crippen LogP contribution in [0, 0.1) is 13.0 Å². The summed E-state index contributed by atoms with van der Waals surface area (Å²) in [4.78, 5) is 38.1. The van der Waals surface area contributed by atoms with Gasteiger partial charge in [-0.05, 0) is 32.5 Å². The SMILES string of the molecule is C1CCOC1.CC(C)NC(C)C.CCCCC.C[Si](C)(C)OS(=O)(=O)C(F)(F)F.O=C(O)C(F)(F)F.O=C([O-])O.O=C1CCC(=O)N1Cl.[CH2-]CCC.[Cl-].[Li+].[Li+].[Na+].[Na+].[c-]1ccccc1. The van der Waals surface area contributed by atoms with Crippen molar-refractivity contribution < 1.29 is 187 Å². The molecule has 354 valence electrons. The predicted molar refractivity (Wildman–Crippen MR) is 212 cm³/mol. The van der Waals surface area contributed by atoms with Crippen LogP contribution in [0.4, 0.5) is 31.1 Å². The van der Waals surface area contributed by atoms with Crippen molar-refractivity contribution in [3.8, 4) is 0 Å². The van der Waals surface area contributed by atoms with Crippen LogP contribution < -0.4 is 120 Å². The molecule has 13 nitrogen and oxygen atoms in total. The Hall–Kier alpha value is 0.502. The normalized spacial score (nSPS) is 12.1. The van der Waals surface area contributed by atoms with Crippen molar-refractivity contribution in [2.75, 3.05) is 13.2 Å². The summed E-state index contributed by atoms with van der Waals surface area (Å²) in [6.45, 7) is 24.8. The summed E-state index contributed by atoms with van der Waals surface area (Å²) in [5, 5.41) is 25.7. The fraction of sp³-hybridized carbons (Fsp3) is 0.694. The van der Waals surface area contributed by atoms with Gasteiger partial charge in [-0.3, -0.25) is 9.59 Å². The van der Waals surface area contributed by atoms with Gasteiger partial charge in [0.05, 0.1) is 0 Å². The number of amides is 2. The van der Waals surface area contributed by atoms with Gasteiger partial charge in [0.1, 0.15) is 0 Å². The molecule has 1 aromatic carbocycles. The zero-order chi connectivity index (χ0) is 47.2. The second-order valence-corrected chi connectivity index (χ2v) is 19.4. The van der Waals surface area contributed by atoms with E-state index in [9.17, 15) is 44.3 Å². The molecule has 0 bridgehead atoms. The Labute approximate surface area is 452 Å². The van der Waals surface area contributed by atoms with Crippen LogP contribution in [-0.2, 0) is 33.1 Å². The zero-order valence-electron chi connectivity index (χ0n) is 39.5. The van der Waals surface area contributed by atoms with E-state index in [1.165, 1.54) is 58.2 Å². The summed E-state index contributed by atoms with van der Waals surface area (Å²) in [6, 6.07) is 13.8. The first kappa shape index (κ1) is 90.0. The number of carboxylic acids is 1. The van der Waals surface area contributed by atoms with Crippen LogP contribution in [-0.4, -0.2) is 92.3 Å². The fourth-order valence-electron chi connectivity index (χ4n) is 2.80. The first-order chi connectivity index (χ1) is 26.3. The third-order valence-electron chi connectivity index (χ3n) is 5.04. The van der Waals surface area contributed by atoms with Crippen molar-refractivity contribution in [3.05, 3.63) is 43.3 Å². The summed E-state index contributed by atoms with van der Waals surface area (Å²) >= 11 is 5.15. The van der Waals surface area contributed by atoms with E-state index >= 15 is 0 Å². The summed E-state index contributed by atoms with van der Waals surface area (Å²) in [7, 11) is -8.10.